The highest BCUT2D eigenvalue weighted by molar-refractivity contribution is 7.92. The van der Waals surface area contributed by atoms with Gasteiger partial charge in [-0.05, 0) is 75.6 Å². The predicted molar refractivity (Wildman–Crippen MR) is 162 cm³/mol. The summed E-state index contributed by atoms with van der Waals surface area (Å²) < 4.78 is 48.6. The van der Waals surface area contributed by atoms with Crippen molar-refractivity contribution in [3.8, 4) is 5.75 Å². The van der Waals surface area contributed by atoms with Crippen molar-refractivity contribution in [2.45, 2.75) is 71.0 Å². The van der Waals surface area contributed by atoms with Gasteiger partial charge in [-0.15, -0.1) is 0 Å². The highest BCUT2D eigenvalue weighted by atomic mass is 32.2. The van der Waals surface area contributed by atoms with Gasteiger partial charge >= 0.3 is 0 Å². The lowest BCUT2D eigenvalue weighted by Gasteiger charge is -2.34. The van der Waals surface area contributed by atoms with Crippen molar-refractivity contribution in [3.63, 3.8) is 0 Å². The van der Waals surface area contributed by atoms with Gasteiger partial charge in [0.25, 0.3) is 10.0 Å². The van der Waals surface area contributed by atoms with Crippen LogP contribution in [0.1, 0.15) is 51.7 Å². The number of carbonyl (C=O) groups is 2. The van der Waals surface area contributed by atoms with Crippen molar-refractivity contribution < 1.29 is 27.1 Å². The molecule has 3 aromatic carbocycles. The molecule has 0 radical (unpaired) electrons. The number of aryl methyl sites for hydroxylation is 1. The molecule has 0 heterocycles. The summed E-state index contributed by atoms with van der Waals surface area (Å²) in [6.45, 7) is 8.92. The minimum atomic E-state index is -4.24. The zero-order valence-electron chi connectivity index (χ0n) is 24.8. The normalized spacial score (nSPS) is 12.7. The SMILES string of the molecule is CCOc1ccccc1N(CC(=O)N(Cc1ccc(F)cc1)[C@H](CC)C(=O)N[C@@H](C)CC)S(=O)(=O)c1ccc(C)cc1. The number of carbonyl (C=O) groups excluding carboxylic acids is 2. The average molecular weight is 598 g/mol. The van der Waals surface area contributed by atoms with Gasteiger partial charge in [0.1, 0.15) is 24.2 Å². The molecular weight excluding hydrogens is 557 g/mol. The zero-order valence-corrected chi connectivity index (χ0v) is 25.7. The van der Waals surface area contributed by atoms with E-state index in [1.165, 1.54) is 29.2 Å². The summed E-state index contributed by atoms with van der Waals surface area (Å²) in [7, 11) is -4.24. The fourth-order valence-electron chi connectivity index (χ4n) is 4.44. The van der Waals surface area contributed by atoms with Gasteiger partial charge in [0, 0.05) is 12.6 Å². The first-order valence-electron chi connectivity index (χ1n) is 14.2. The minimum absolute atomic E-state index is 0.0128. The summed E-state index contributed by atoms with van der Waals surface area (Å²) in [6, 6.07) is 17.6. The number of amides is 2. The monoisotopic (exact) mass is 597 g/mol. The number of benzene rings is 3. The van der Waals surface area contributed by atoms with Crippen LogP contribution in [-0.4, -0.2) is 50.4 Å². The van der Waals surface area contributed by atoms with Crippen LogP contribution in [0.3, 0.4) is 0 Å². The smallest absolute Gasteiger partial charge is 0.264 e. The fraction of sp³-hybridized carbons (Fsp3) is 0.375. The number of hydrogen-bond acceptors (Lipinski definition) is 5. The Labute approximate surface area is 248 Å². The number of nitrogens with zero attached hydrogens (tertiary/aromatic N) is 2. The van der Waals surface area contributed by atoms with E-state index in [1.54, 1.807) is 62.4 Å². The van der Waals surface area contributed by atoms with Crippen molar-refractivity contribution in [1.29, 1.82) is 0 Å². The number of hydrogen-bond donors (Lipinski definition) is 1. The molecule has 0 aromatic heterocycles. The van der Waals surface area contributed by atoms with E-state index in [0.29, 0.717) is 17.7 Å². The van der Waals surface area contributed by atoms with Crippen LogP contribution in [0.15, 0.2) is 77.7 Å². The highest BCUT2D eigenvalue weighted by Crippen LogP contribution is 2.33. The molecule has 3 aromatic rings. The number of ether oxygens (including phenoxy) is 1. The van der Waals surface area contributed by atoms with E-state index in [0.717, 1.165) is 9.87 Å². The molecule has 0 fully saturated rings. The lowest BCUT2D eigenvalue weighted by molar-refractivity contribution is -0.140. The lowest BCUT2D eigenvalue weighted by atomic mass is 10.1. The Kier molecular flexibility index (Phi) is 11.5. The van der Waals surface area contributed by atoms with Crippen molar-refractivity contribution in [2.24, 2.45) is 0 Å². The third-order valence-corrected chi connectivity index (χ3v) is 8.75. The summed E-state index contributed by atoms with van der Waals surface area (Å²) in [6.07, 6.45) is 0.986. The van der Waals surface area contributed by atoms with E-state index in [-0.39, 0.29) is 42.1 Å². The number of rotatable bonds is 14. The van der Waals surface area contributed by atoms with Crippen LogP contribution >= 0.6 is 0 Å². The Balaban J connectivity index is 2.10. The molecule has 8 nitrogen and oxygen atoms in total. The van der Waals surface area contributed by atoms with Crippen molar-refractivity contribution in [3.05, 3.63) is 89.7 Å². The molecule has 0 saturated heterocycles. The third-order valence-electron chi connectivity index (χ3n) is 6.97. The highest BCUT2D eigenvalue weighted by Gasteiger charge is 2.35. The topological polar surface area (TPSA) is 96.0 Å². The molecule has 226 valence electrons. The fourth-order valence-corrected chi connectivity index (χ4v) is 5.86. The first-order chi connectivity index (χ1) is 20.0. The molecule has 1 N–H and O–H groups in total. The minimum Gasteiger partial charge on any atom is -0.492 e. The average Bonchev–Trinajstić information content (AvgIpc) is 2.97. The van der Waals surface area contributed by atoms with E-state index in [9.17, 15) is 22.4 Å². The van der Waals surface area contributed by atoms with Crippen LogP contribution in [0, 0.1) is 12.7 Å². The molecule has 0 aliphatic carbocycles. The Morgan fingerprint density at radius 2 is 1.57 bits per heavy atom. The van der Waals surface area contributed by atoms with Crippen LogP contribution < -0.4 is 14.4 Å². The van der Waals surface area contributed by atoms with Gasteiger partial charge < -0.3 is 15.0 Å². The van der Waals surface area contributed by atoms with Gasteiger partial charge in [-0.25, -0.2) is 12.8 Å². The number of nitrogens with one attached hydrogen (secondary N) is 1. The van der Waals surface area contributed by atoms with Gasteiger partial charge in [-0.3, -0.25) is 13.9 Å². The van der Waals surface area contributed by atoms with E-state index >= 15 is 0 Å². The Morgan fingerprint density at radius 1 is 0.929 bits per heavy atom. The summed E-state index contributed by atoms with van der Waals surface area (Å²) in [5, 5.41) is 2.94. The molecule has 2 atom stereocenters. The predicted octanol–water partition coefficient (Wildman–Crippen LogP) is 5.45. The molecule has 42 heavy (non-hydrogen) atoms. The molecule has 0 saturated carbocycles. The quantitative estimate of drug-likeness (QED) is 0.267. The van der Waals surface area contributed by atoms with Gasteiger partial charge in [0.15, 0.2) is 0 Å². The van der Waals surface area contributed by atoms with Crippen molar-refractivity contribution >= 4 is 27.5 Å². The lowest BCUT2D eigenvalue weighted by Crippen LogP contribution is -2.53. The number of anilines is 1. The molecule has 0 aliphatic heterocycles. The number of sulfonamides is 1. The number of para-hydroxylation sites is 2. The van der Waals surface area contributed by atoms with Crippen LogP contribution in [0.25, 0.3) is 0 Å². The second-order valence-corrected chi connectivity index (χ2v) is 12.0. The Bertz CT molecular complexity index is 1450. The van der Waals surface area contributed by atoms with Gasteiger partial charge in [0.2, 0.25) is 11.8 Å². The molecule has 3 rings (SSSR count). The molecule has 2 amide bonds. The second kappa shape index (κ2) is 14.8. The van der Waals surface area contributed by atoms with Crippen molar-refractivity contribution in [1.82, 2.24) is 10.2 Å². The summed E-state index contributed by atoms with van der Waals surface area (Å²) in [5.74, 6) is -1.06. The second-order valence-electron chi connectivity index (χ2n) is 10.1. The van der Waals surface area contributed by atoms with Gasteiger partial charge in [-0.2, -0.15) is 0 Å². The van der Waals surface area contributed by atoms with E-state index in [1.807, 2.05) is 20.8 Å². The molecule has 0 unspecified atom stereocenters. The Hall–Kier alpha value is -3.92. The molecule has 10 heteroatoms. The van der Waals surface area contributed by atoms with Crippen LogP contribution in [0.2, 0.25) is 0 Å². The van der Waals surface area contributed by atoms with Gasteiger partial charge in [0.05, 0.1) is 17.2 Å². The third kappa shape index (κ3) is 8.09. The maximum absolute atomic E-state index is 14.2. The summed E-state index contributed by atoms with van der Waals surface area (Å²) in [5.41, 5.74) is 1.68. The van der Waals surface area contributed by atoms with E-state index in [4.69, 9.17) is 4.74 Å². The maximum Gasteiger partial charge on any atom is 0.264 e. The molecule has 0 bridgehead atoms. The van der Waals surface area contributed by atoms with Crippen molar-refractivity contribution in [2.75, 3.05) is 17.5 Å². The molecule has 0 spiro atoms. The first kappa shape index (κ1) is 32.6. The van der Waals surface area contributed by atoms with E-state index < -0.39 is 34.3 Å². The number of halogens is 1. The largest absolute Gasteiger partial charge is 0.492 e. The maximum atomic E-state index is 14.2. The van der Waals surface area contributed by atoms with Crippen LogP contribution in [-0.2, 0) is 26.2 Å². The van der Waals surface area contributed by atoms with Crippen LogP contribution in [0.4, 0.5) is 10.1 Å². The van der Waals surface area contributed by atoms with Crippen LogP contribution in [0.5, 0.6) is 5.75 Å². The van der Waals surface area contributed by atoms with Gasteiger partial charge in [-0.1, -0.05) is 55.8 Å². The Morgan fingerprint density at radius 3 is 2.17 bits per heavy atom. The summed E-state index contributed by atoms with van der Waals surface area (Å²) in [4.78, 5) is 28.9. The zero-order chi connectivity index (χ0) is 30.9. The first-order valence-corrected chi connectivity index (χ1v) is 15.6. The molecular formula is C32H40FN3O5S. The standard InChI is InChI=1S/C32H40FN3O5S/c1-6-24(5)34-32(38)28(7-2)35(21-25-15-17-26(33)18-16-25)31(37)22-36(29-11-9-10-12-30(29)41-8-3)42(39,40)27-19-13-23(4)14-20-27/h9-20,24,28H,6-8,21-22H2,1-5H3,(H,34,38)/t24-,28+/m0/s1. The van der Waals surface area contributed by atoms with E-state index in [2.05, 4.69) is 5.32 Å². The summed E-state index contributed by atoms with van der Waals surface area (Å²) >= 11 is 0. The molecule has 0 aliphatic rings.